The third-order valence-electron chi connectivity index (χ3n) is 5.91. The van der Waals surface area contributed by atoms with E-state index in [1.54, 1.807) is 12.1 Å². The van der Waals surface area contributed by atoms with Gasteiger partial charge in [-0.1, -0.05) is 64.4 Å². The Hall–Kier alpha value is -1.48. The first-order valence-corrected chi connectivity index (χ1v) is 12.3. The van der Waals surface area contributed by atoms with Crippen molar-refractivity contribution in [3.8, 4) is 11.5 Å². The first-order chi connectivity index (χ1) is 11.5. The number of hydrogen-bond acceptors (Lipinski definition) is 2. The van der Waals surface area contributed by atoms with E-state index in [2.05, 4.69) is 39.8 Å². The topological polar surface area (TPSA) is 40.5 Å². The van der Waals surface area contributed by atoms with Crippen molar-refractivity contribution in [3.05, 3.63) is 35.4 Å². The van der Waals surface area contributed by atoms with Gasteiger partial charge in [-0.2, -0.15) is 0 Å². The van der Waals surface area contributed by atoms with Crippen LogP contribution in [0.15, 0.2) is 24.3 Å². The van der Waals surface area contributed by atoms with Crippen molar-refractivity contribution in [1.29, 1.82) is 0 Å². The molecule has 0 saturated heterocycles. The monoisotopic (exact) mass is 344 g/mol. The maximum Gasteiger partial charge on any atom is 0.158 e. The molecular weight excluding hydrogens is 312 g/mol. The average Bonchev–Trinajstić information content (AvgIpc) is 2.60. The summed E-state index contributed by atoms with van der Waals surface area (Å²) in [6, 6.07) is 13.1. The minimum Gasteiger partial charge on any atom is -0.504 e. The predicted octanol–water partition coefficient (Wildman–Crippen LogP) is 6.18. The lowest BCUT2D eigenvalue weighted by Crippen LogP contribution is -2.34. The molecule has 2 N–H and O–H groups in total. The number of aromatic hydroxyl groups is 2. The first kappa shape index (κ1) is 18.8. The first-order valence-electron chi connectivity index (χ1n) is 9.46. The Balaban J connectivity index is 2.57. The molecule has 0 aliphatic carbocycles. The quantitative estimate of drug-likeness (QED) is 0.443. The zero-order valence-electron chi connectivity index (χ0n) is 15.7. The van der Waals surface area contributed by atoms with Crippen molar-refractivity contribution in [2.75, 3.05) is 0 Å². The Labute approximate surface area is 147 Å². The molecule has 0 saturated carbocycles. The summed E-state index contributed by atoms with van der Waals surface area (Å²) in [6.07, 6.45) is 3.33. The molecule has 2 nitrogen and oxygen atoms in total. The molecule has 0 heterocycles. The molecule has 2 aromatic rings. The summed E-state index contributed by atoms with van der Waals surface area (Å²) >= 11 is 0. The van der Waals surface area contributed by atoms with Gasteiger partial charge in [0, 0.05) is 0 Å². The van der Waals surface area contributed by atoms with Crippen LogP contribution in [0.25, 0.3) is 10.8 Å². The fourth-order valence-corrected chi connectivity index (χ4v) is 7.12. The summed E-state index contributed by atoms with van der Waals surface area (Å²) in [5.41, 5.74) is 2.63. The van der Waals surface area contributed by atoms with Gasteiger partial charge in [-0.3, -0.25) is 0 Å². The van der Waals surface area contributed by atoms with E-state index in [-0.39, 0.29) is 11.5 Å². The summed E-state index contributed by atoms with van der Waals surface area (Å²) in [6.45, 7) is 9.20. The molecule has 3 heteroatoms. The smallest absolute Gasteiger partial charge is 0.158 e. The second kappa shape index (κ2) is 8.06. The number of fused-ring (bicyclic) bond motifs is 1. The van der Waals surface area contributed by atoms with E-state index < -0.39 is 8.07 Å². The van der Waals surface area contributed by atoms with Gasteiger partial charge in [0.15, 0.2) is 11.5 Å². The van der Waals surface area contributed by atoms with E-state index in [4.69, 9.17) is 0 Å². The molecule has 0 atom stereocenters. The number of unbranched alkanes of at least 4 members (excludes halogenated alkanes) is 1. The molecule has 24 heavy (non-hydrogen) atoms. The fraction of sp³-hybridized carbons (Fsp3) is 0.524. The largest absolute Gasteiger partial charge is 0.504 e. The average molecular weight is 345 g/mol. The van der Waals surface area contributed by atoms with Crippen LogP contribution in [-0.4, -0.2) is 18.3 Å². The minimum atomic E-state index is -1.29. The molecule has 0 bridgehead atoms. The van der Waals surface area contributed by atoms with Crippen LogP contribution in [0.3, 0.4) is 0 Å². The number of phenols is 2. The summed E-state index contributed by atoms with van der Waals surface area (Å²) in [7, 11) is -1.29. The number of aryl methyl sites for hydroxylation is 1. The minimum absolute atomic E-state index is 0.00634. The fourth-order valence-electron chi connectivity index (χ4n) is 3.76. The zero-order valence-corrected chi connectivity index (χ0v) is 16.7. The molecule has 0 aromatic heterocycles. The molecule has 0 radical (unpaired) electrons. The van der Waals surface area contributed by atoms with Gasteiger partial charge in [-0.15, -0.1) is 0 Å². The van der Waals surface area contributed by atoms with Crippen molar-refractivity contribution in [3.63, 3.8) is 0 Å². The molecule has 0 amide bonds. The summed E-state index contributed by atoms with van der Waals surface area (Å²) < 4.78 is 0. The third kappa shape index (κ3) is 3.77. The number of phenolic OH excluding ortho intramolecular Hbond substituents is 2. The molecule has 0 spiro atoms. The van der Waals surface area contributed by atoms with Crippen molar-refractivity contribution >= 4 is 18.8 Å². The lowest BCUT2D eigenvalue weighted by atomic mass is 9.96. The van der Waals surface area contributed by atoms with Crippen LogP contribution in [0.4, 0.5) is 0 Å². The van der Waals surface area contributed by atoms with Crippen LogP contribution < -0.4 is 0 Å². The number of benzene rings is 2. The van der Waals surface area contributed by atoms with Crippen LogP contribution in [0.5, 0.6) is 11.5 Å². The zero-order chi connectivity index (χ0) is 17.7. The van der Waals surface area contributed by atoms with E-state index in [1.807, 2.05) is 0 Å². The Kier molecular flexibility index (Phi) is 6.33. The van der Waals surface area contributed by atoms with Gasteiger partial charge in [-0.25, -0.2) is 0 Å². The molecule has 0 aliphatic rings. The van der Waals surface area contributed by atoms with E-state index >= 15 is 0 Å². The molecule has 132 valence electrons. The van der Waals surface area contributed by atoms with E-state index in [0.717, 1.165) is 36.1 Å². The number of hydrogen-bond donors (Lipinski definition) is 2. The Morgan fingerprint density at radius 3 is 1.79 bits per heavy atom. The van der Waals surface area contributed by atoms with Crippen molar-refractivity contribution in [1.82, 2.24) is 0 Å². The lowest BCUT2D eigenvalue weighted by molar-refractivity contribution is 0.405. The standard InChI is InChI=1S/C21H32O2Si/c1-5-9-10-16-11-12-17(15-24(6-2,7-3)8-4)19-14-21(23)20(22)13-18(16)19/h11-14,22-23H,5-10,15H2,1-4H3. The highest BCUT2D eigenvalue weighted by Gasteiger charge is 2.27. The predicted molar refractivity (Wildman–Crippen MR) is 107 cm³/mol. The van der Waals surface area contributed by atoms with Gasteiger partial charge in [0.2, 0.25) is 0 Å². The SMILES string of the molecule is CCCCc1ccc(C[Si](CC)(CC)CC)c2cc(O)c(O)cc12. The summed E-state index contributed by atoms with van der Waals surface area (Å²) in [5, 5.41) is 22.3. The van der Waals surface area contributed by atoms with Gasteiger partial charge in [0.05, 0.1) is 8.07 Å². The maximum absolute atomic E-state index is 10.0. The normalized spacial score (nSPS) is 12.0. The third-order valence-corrected chi connectivity index (χ3v) is 11.5. The molecule has 0 unspecified atom stereocenters. The molecular formula is C21H32O2Si. The van der Waals surface area contributed by atoms with E-state index in [0.29, 0.717) is 0 Å². The van der Waals surface area contributed by atoms with Crippen molar-refractivity contribution < 1.29 is 10.2 Å². The maximum atomic E-state index is 10.0. The molecule has 2 aromatic carbocycles. The summed E-state index contributed by atoms with van der Waals surface area (Å²) in [5.74, 6) is -0.0180. The number of rotatable bonds is 8. The van der Waals surface area contributed by atoms with Crippen LogP contribution in [0.2, 0.25) is 18.1 Å². The van der Waals surface area contributed by atoms with Crippen LogP contribution >= 0.6 is 0 Å². The second-order valence-corrected chi connectivity index (χ2v) is 12.6. The lowest BCUT2D eigenvalue weighted by Gasteiger charge is -2.29. The highest BCUT2D eigenvalue weighted by atomic mass is 28.3. The van der Waals surface area contributed by atoms with Gasteiger partial charge >= 0.3 is 0 Å². The molecule has 0 aliphatic heterocycles. The van der Waals surface area contributed by atoms with E-state index in [1.165, 1.54) is 29.3 Å². The van der Waals surface area contributed by atoms with Crippen molar-refractivity contribution in [2.45, 2.75) is 71.1 Å². The highest BCUT2D eigenvalue weighted by Crippen LogP contribution is 2.36. The summed E-state index contributed by atoms with van der Waals surface area (Å²) in [4.78, 5) is 0. The Bertz CT molecular complexity index is 682. The Morgan fingerprint density at radius 1 is 0.792 bits per heavy atom. The van der Waals surface area contributed by atoms with Crippen molar-refractivity contribution in [2.24, 2.45) is 0 Å². The van der Waals surface area contributed by atoms with Crippen LogP contribution in [0.1, 0.15) is 51.7 Å². The van der Waals surface area contributed by atoms with Gasteiger partial charge in [0.25, 0.3) is 0 Å². The molecule has 2 rings (SSSR count). The van der Waals surface area contributed by atoms with Crippen LogP contribution in [0, 0.1) is 0 Å². The van der Waals surface area contributed by atoms with Gasteiger partial charge < -0.3 is 10.2 Å². The Morgan fingerprint density at radius 2 is 1.29 bits per heavy atom. The van der Waals surface area contributed by atoms with Gasteiger partial charge in [0.1, 0.15) is 0 Å². The van der Waals surface area contributed by atoms with Gasteiger partial charge in [-0.05, 0) is 52.9 Å². The molecule has 0 fully saturated rings. The highest BCUT2D eigenvalue weighted by molar-refractivity contribution is 6.79. The van der Waals surface area contributed by atoms with Crippen LogP contribution in [-0.2, 0) is 12.5 Å². The van der Waals surface area contributed by atoms with E-state index in [9.17, 15) is 10.2 Å². The second-order valence-electron chi connectivity index (χ2n) is 7.11.